The van der Waals surface area contributed by atoms with Gasteiger partial charge in [0.05, 0.1) is 17.3 Å². The molecule has 3 heteroatoms. The molecule has 0 saturated heterocycles. The van der Waals surface area contributed by atoms with Crippen molar-refractivity contribution in [3.05, 3.63) is 90.5 Å². The van der Waals surface area contributed by atoms with Crippen LogP contribution in [0.2, 0.25) is 0 Å². The first-order chi connectivity index (χ1) is 13.2. The standard InChI is InChI=1S/C24H24N2O/c1-18(2)22-17-27-24(25-22)21-15-9-10-16-23(21)26(19-11-5-3-6-12-19)20-13-7-4-8-14-20/h3-16,18,22H,17H2,1-2H3. The van der Waals surface area contributed by atoms with E-state index in [2.05, 4.69) is 85.5 Å². The predicted molar refractivity (Wildman–Crippen MR) is 112 cm³/mol. The van der Waals surface area contributed by atoms with E-state index in [9.17, 15) is 0 Å². The smallest absolute Gasteiger partial charge is 0.218 e. The fourth-order valence-corrected chi connectivity index (χ4v) is 3.31. The van der Waals surface area contributed by atoms with Gasteiger partial charge in [0, 0.05) is 11.4 Å². The van der Waals surface area contributed by atoms with Gasteiger partial charge in [-0.25, -0.2) is 4.99 Å². The van der Waals surface area contributed by atoms with Gasteiger partial charge in [0.15, 0.2) is 0 Å². The van der Waals surface area contributed by atoms with E-state index in [0.717, 1.165) is 28.5 Å². The summed E-state index contributed by atoms with van der Waals surface area (Å²) in [6, 6.07) is 29.4. The summed E-state index contributed by atoms with van der Waals surface area (Å²) in [5.74, 6) is 1.20. The molecule has 0 saturated carbocycles. The third kappa shape index (κ3) is 3.59. The molecule has 27 heavy (non-hydrogen) atoms. The van der Waals surface area contributed by atoms with E-state index in [1.54, 1.807) is 0 Å². The van der Waals surface area contributed by atoms with Crippen molar-refractivity contribution in [2.24, 2.45) is 10.9 Å². The van der Waals surface area contributed by atoms with Gasteiger partial charge in [-0.2, -0.15) is 0 Å². The number of ether oxygens (including phenoxy) is 1. The molecule has 3 aromatic carbocycles. The molecule has 1 unspecified atom stereocenters. The second-order valence-corrected chi connectivity index (χ2v) is 7.08. The molecule has 1 atom stereocenters. The largest absolute Gasteiger partial charge is 0.475 e. The summed E-state index contributed by atoms with van der Waals surface area (Å²) in [7, 11) is 0. The molecule has 0 amide bonds. The number of rotatable bonds is 5. The number of benzene rings is 3. The van der Waals surface area contributed by atoms with Gasteiger partial charge < -0.3 is 9.64 Å². The normalized spacial score (nSPS) is 16.1. The highest BCUT2D eigenvalue weighted by Crippen LogP contribution is 2.37. The Hall–Kier alpha value is -3.07. The van der Waals surface area contributed by atoms with Gasteiger partial charge in [-0.15, -0.1) is 0 Å². The Morgan fingerprint density at radius 3 is 1.93 bits per heavy atom. The molecule has 1 aliphatic rings. The third-order valence-corrected chi connectivity index (χ3v) is 4.85. The van der Waals surface area contributed by atoms with Gasteiger partial charge in [0.1, 0.15) is 6.61 Å². The highest BCUT2D eigenvalue weighted by atomic mass is 16.5. The number of hydrogen-bond acceptors (Lipinski definition) is 3. The molecule has 0 aliphatic carbocycles. The minimum absolute atomic E-state index is 0.218. The number of aliphatic imine (C=N–C) groups is 1. The number of para-hydroxylation sites is 3. The minimum Gasteiger partial charge on any atom is -0.475 e. The molecule has 4 rings (SSSR count). The van der Waals surface area contributed by atoms with Crippen molar-refractivity contribution in [1.29, 1.82) is 0 Å². The highest BCUT2D eigenvalue weighted by Gasteiger charge is 2.26. The summed E-state index contributed by atoms with van der Waals surface area (Å²) in [4.78, 5) is 7.11. The molecule has 136 valence electrons. The van der Waals surface area contributed by atoms with Gasteiger partial charge in [-0.1, -0.05) is 62.4 Å². The molecular weight excluding hydrogens is 332 g/mol. The molecule has 0 aromatic heterocycles. The number of anilines is 3. The summed E-state index contributed by atoms with van der Waals surface area (Å²) in [6.07, 6.45) is 0. The maximum atomic E-state index is 6.00. The van der Waals surface area contributed by atoms with Crippen molar-refractivity contribution in [3.63, 3.8) is 0 Å². The lowest BCUT2D eigenvalue weighted by atomic mass is 10.1. The van der Waals surface area contributed by atoms with Crippen LogP contribution < -0.4 is 4.90 Å². The van der Waals surface area contributed by atoms with Crippen LogP contribution in [0.4, 0.5) is 17.1 Å². The molecule has 3 aromatic rings. The summed E-state index contributed by atoms with van der Waals surface area (Å²) in [5, 5.41) is 0. The van der Waals surface area contributed by atoms with E-state index in [1.165, 1.54) is 0 Å². The first-order valence-corrected chi connectivity index (χ1v) is 9.44. The fraction of sp³-hybridized carbons (Fsp3) is 0.208. The zero-order chi connectivity index (χ0) is 18.6. The summed E-state index contributed by atoms with van der Waals surface area (Å²) in [6.45, 7) is 5.03. The van der Waals surface area contributed by atoms with Gasteiger partial charge >= 0.3 is 0 Å². The van der Waals surface area contributed by atoms with Crippen LogP contribution in [-0.4, -0.2) is 18.5 Å². The zero-order valence-electron chi connectivity index (χ0n) is 15.7. The summed E-state index contributed by atoms with van der Waals surface area (Å²) in [5.41, 5.74) is 4.30. The van der Waals surface area contributed by atoms with Crippen LogP contribution >= 0.6 is 0 Å². The average molecular weight is 356 g/mol. The fourth-order valence-electron chi connectivity index (χ4n) is 3.31. The SMILES string of the molecule is CC(C)C1COC(c2ccccc2N(c2ccccc2)c2ccccc2)=N1. The maximum Gasteiger partial charge on any atom is 0.218 e. The van der Waals surface area contributed by atoms with Gasteiger partial charge in [0.25, 0.3) is 0 Å². The van der Waals surface area contributed by atoms with E-state index in [0.29, 0.717) is 12.5 Å². The molecule has 1 aliphatic heterocycles. The van der Waals surface area contributed by atoms with Crippen LogP contribution in [0.1, 0.15) is 19.4 Å². The highest BCUT2D eigenvalue weighted by molar-refractivity contribution is 6.02. The van der Waals surface area contributed by atoms with Crippen LogP contribution in [0.15, 0.2) is 89.9 Å². The van der Waals surface area contributed by atoms with E-state index < -0.39 is 0 Å². The maximum absolute atomic E-state index is 6.00. The predicted octanol–water partition coefficient (Wildman–Crippen LogP) is 5.96. The number of hydrogen-bond donors (Lipinski definition) is 0. The number of nitrogens with zero attached hydrogens (tertiary/aromatic N) is 2. The second-order valence-electron chi connectivity index (χ2n) is 7.08. The lowest BCUT2D eigenvalue weighted by molar-refractivity contribution is 0.292. The molecule has 0 bridgehead atoms. The Kier molecular flexibility index (Phi) is 4.93. The topological polar surface area (TPSA) is 24.8 Å². The Morgan fingerprint density at radius 2 is 1.37 bits per heavy atom. The Bertz CT molecular complexity index is 880. The van der Waals surface area contributed by atoms with Crippen molar-refractivity contribution in [2.75, 3.05) is 11.5 Å². The van der Waals surface area contributed by atoms with E-state index in [4.69, 9.17) is 9.73 Å². The Labute approximate surface area is 160 Å². The molecule has 0 spiro atoms. The average Bonchev–Trinajstić information content (AvgIpc) is 3.21. The quantitative estimate of drug-likeness (QED) is 0.563. The van der Waals surface area contributed by atoms with Crippen LogP contribution in [0.25, 0.3) is 0 Å². The van der Waals surface area contributed by atoms with E-state index >= 15 is 0 Å². The van der Waals surface area contributed by atoms with Crippen LogP contribution in [0.3, 0.4) is 0 Å². The van der Waals surface area contributed by atoms with Gasteiger partial charge in [-0.05, 0) is 42.3 Å². The second kappa shape index (κ2) is 7.67. The van der Waals surface area contributed by atoms with Crippen LogP contribution in [-0.2, 0) is 4.74 Å². The Balaban J connectivity index is 1.84. The lowest BCUT2D eigenvalue weighted by Gasteiger charge is -2.27. The van der Waals surface area contributed by atoms with E-state index in [-0.39, 0.29) is 6.04 Å². The van der Waals surface area contributed by atoms with Crippen molar-refractivity contribution >= 4 is 23.0 Å². The lowest BCUT2D eigenvalue weighted by Crippen LogP contribution is -2.15. The first-order valence-electron chi connectivity index (χ1n) is 9.44. The summed E-state index contributed by atoms with van der Waals surface area (Å²) < 4.78 is 6.00. The van der Waals surface area contributed by atoms with Crippen molar-refractivity contribution < 1.29 is 4.74 Å². The third-order valence-electron chi connectivity index (χ3n) is 4.85. The van der Waals surface area contributed by atoms with Gasteiger partial charge in [0.2, 0.25) is 5.90 Å². The molecule has 0 radical (unpaired) electrons. The first kappa shape index (κ1) is 17.3. The molecule has 0 N–H and O–H groups in total. The monoisotopic (exact) mass is 356 g/mol. The molecule has 3 nitrogen and oxygen atoms in total. The molecular formula is C24H24N2O. The summed E-state index contributed by atoms with van der Waals surface area (Å²) >= 11 is 0. The van der Waals surface area contributed by atoms with Crippen molar-refractivity contribution in [2.45, 2.75) is 19.9 Å². The Morgan fingerprint density at radius 1 is 0.815 bits per heavy atom. The molecule has 0 fully saturated rings. The van der Waals surface area contributed by atoms with E-state index in [1.807, 2.05) is 18.2 Å². The zero-order valence-corrected chi connectivity index (χ0v) is 15.7. The minimum atomic E-state index is 0.218. The molecule has 1 heterocycles. The van der Waals surface area contributed by atoms with Crippen molar-refractivity contribution in [3.8, 4) is 0 Å². The van der Waals surface area contributed by atoms with Crippen LogP contribution in [0, 0.1) is 5.92 Å². The van der Waals surface area contributed by atoms with Crippen LogP contribution in [0.5, 0.6) is 0 Å². The van der Waals surface area contributed by atoms with Gasteiger partial charge in [-0.3, -0.25) is 0 Å². The van der Waals surface area contributed by atoms with Crippen molar-refractivity contribution in [1.82, 2.24) is 0 Å².